The highest BCUT2D eigenvalue weighted by Gasteiger charge is 2.23. The molecule has 0 spiro atoms. The molecule has 2 aromatic carbocycles. The zero-order chi connectivity index (χ0) is 18.6. The molecular formula is C17H18N4O4S. The second-order valence-electron chi connectivity index (χ2n) is 5.38. The SMILES string of the molecule is COc1ccc(S(=O)(=O)NN2C=CC=NC2Nc2ccc(O)cc2)cc1. The second kappa shape index (κ2) is 7.46. The zero-order valence-electron chi connectivity index (χ0n) is 13.9. The standard InChI is InChI=1S/C17H18N4O4S/c1-25-15-7-9-16(10-8-15)26(23,24)20-21-12-2-11-18-17(21)19-13-3-5-14(22)6-4-13/h2-12,17,19-20,22H,1H3. The van der Waals surface area contributed by atoms with Crippen LogP contribution in [0.5, 0.6) is 11.5 Å². The third-order valence-electron chi connectivity index (χ3n) is 3.58. The van der Waals surface area contributed by atoms with E-state index >= 15 is 0 Å². The van der Waals surface area contributed by atoms with E-state index in [0.717, 1.165) is 0 Å². The van der Waals surface area contributed by atoms with Gasteiger partial charge in [0, 0.05) is 18.1 Å². The maximum atomic E-state index is 12.6. The molecule has 9 heteroatoms. The summed E-state index contributed by atoms with van der Waals surface area (Å²) in [6.45, 7) is 0. The minimum atomic E-state index is -3.80. The first-order chi connectivity index (χ1) is 12.5. The van der Waals surface area contributed by atoms with Crippen LogP contribution in [0, 0.1) is 0 Å². The molecule has 0 saturated heterocycles. The zero-order valence-corrected chi connectivity index (χ0v) is 14.7. The normalized spacial score (nSPS) is 16.5. The van der Waals surface area contributed by atoms with Crippen LogP contribution in [-0.4, -0.2) is 38.1 Å². The molecule has 1 aliphatic heterocycles. The van der Waals surface area contributed by atoms with Crippen LogP contribution in [0.2, 0.25) is 0 Å². The van der Waals surface area contributed by atoms with Gasteiger partial charge < -0.3 is 15.2 Å². The van der Waals surface area contributed by atoms with Gasteiger partial charge in [-0.2, -0.15) is 0 Å². The first-order valence-electron chi connectivity index (χ1n) is 7.68. The van der Waals surface area contributed by atoms with Crippen molar-refractivity contribution in [1.82, 2.24) is 9.84 Å². The summed E-state index contributed by atoms with van der Waals surface area (Å²) in [5.74, 6) is 0.706. The summed E-state index contributed by atoms with van der Waals surface area (Å²) in [6.07, 6.45) is 4.06. The summed E-state index contributed by atoms with van der Waals surface area (Å²) in [7, 11) is -2.29. The number of phenols is 1. The van der Waals surface area contributed by atoms with Crippen molar-refractivity contribution >= 4 is 21.9 Å². The number of aliphatic imine (C=N–C) groups is 1. The molecule has 0 amide bonds. The van der Waals surface area contributed by atoms with Crippen molar-refractivity contribution in [2.75, 3.05) is 12.4 Å². The van der Waals surface area contributed by atoms with Gasteiger partial charge in [-0.15, -0.1) is 4.83 Å². The van der Waals surface area contributed by atoms with Gasteiger partial charge in [-0.1, -0.05) is 0 Å². The van der Waals surface area contributed by atoms with Crippen molar-refractivity contribution in [3.8, 4) is 11.5 Å². The molecule has 0 aliphatic carbocycles. The van der Waals surface area contributed by atoms with Gasteiger partial charge in [0.2, 0.25) is 6.29 Å². The minimum Gasteiger partial charge on any atom is -0.508 e. The average molecular weight is 374 g/mol. The number of nitrogens with zero attached hydrogens (tertiary/aromatic N) is 2. The predicted molar refractivity (Wildman–Crippen MR) is 98.3 cm³/mol. The maximum Gasteiger partial charge on any atom is 0.257 e. The van der Waals surface area contributed by atoms with Gasteiger partial charge in [0.05, 0.1) is 12.0 Å². The molecule has 1 unspecified atom stereocenters. The number of rotatable bonds is 6. The van der Waals surface area contributed by atoms with Crippen LogP contribution < -0.4 is 14.9 Å². The van der Waals surface area contributed by atoms with Gasteiger partial charge in [0.25, 0.3) is 10.0 Å². The highest BCUT2D eigenvalue weighted by atomic mass is 32.2. The molecule has 26 heavy (non-hydrogen) atoms. The molecule has 8 nitrogen and oxygen atoms in total. The quantitative estimate of drug-likeness (QED) is 0.667. The van der Waals surface area contributed by atoms with E-state index in [9.17, 15) is 13.5 Å². The molecule has 3 N–H and O–H groups in total. The molecule has 1 heterocycles. The summed E-state index contributed by atoms with van der Waals surface area (Å²) in [4.78, 5) is 6.81. The Hall–Kier alpha value is -3.04. The van der Waals surface area contributed by atoms with E-state index < -0.39 is 16.3 Å². The number of benzene rings is 2. The summed E-state index contributed by atoms with van der Waals surface area (Å²) >= 11 is 0. The van der Waals surface area contributed by atoms with E-state index in [2.05, 4.69) is 15.1 Å². The molecule has 0 radical (unpaired) electrons. The molecule has 1 aliphatic rings. The highest BCUT2D eigenvalue weighted by Crippen LogP contribution is 2.19. The third kappa shape index (κ3) is 4.13. The predicted octanol–water partition coefficient (Wildman–Crippen LogP) is 1.89. The summed E-state index contributed by atoms with van der Waals surface area (Å²) in [6, 6.07) is 12.4. The monoisotopic (exact) mass is 374 g/mol. The van der Waals surface area contributed by atoms with E-state index in [1.165, 1.54) is 36.4 Å². The lowest BCUT2D eigenvalue weighted by Gasteiger charge is -2.30. The molecule has 0 saturated carbocycles. The maximum absolute atomic E-state index is 12.6. The Kier molecular flexibility index (Phi) is 5.10. The molecular weight excluding hydrogens is 356 g/mol. The van der Waals surface area contributed by atoms with E-state index in [4.69, 9.17) is 4.74 Å². The summed E-state index contributed by atoms with van der Waals surface area (Å²) < 4.78 is 30.2. The smallest absolute Gasteiger partial charge is 0.257 e. The fourth-order valence-corrected chi connectivity index (χ4v) is 3.29. The Bertz CT molecular complexity index is 909. The molecule has 3 rings (SSSR count). The van der Waals surface area contributed by atoms with E-state index in [0.29, 0.717) is 11.4 Å². The van der Waals surface area contributed by atoms with Crippen molar-refractivity contribution in [3.63, 3.8) is 0 Å². The first-order valence-corrected chi connectivity index (χ1v) is 9.17. The van der Waals surface area contributed by atoms with Crippen LogP contribution in [0.1, 0.15) is 0 Å². The number of anilines is 1. The molecule has 0 bridgehead atoms. The number of methoxy groups -OCH3 is 1. The van der Waals surface area contributed by atoms with Crippen LogP contribution in [0.15, 0.2) is 70.7 Å². The Balaban J connectivity index is 1.76. The van der Waals surface area contributed by atoms with E-state index in [-0.39, 0.29) is 10.6 Å². The van der Waals surface area contributed by atoms with Crippen molar-refractivity contribution in [2.45, 2.75) is 11.2 Å². The van der Waals surface area contributed by atoms with Crippen LogP contribution >= 0.6 is 0 Å². The molecule has 2 aromatic rings. The van der Waals surface area contributed by atoms with Gasteiger partial charge in [0.1, 0.15) is 11.5 Å². The van der Waals surface area contributed by atoms with Crippen LogP contribution in [-0.2, 0) is 10.0 Å². The van der Waals surface area contributed by atoms with Crippen molar-refractivity contribution in [1.29, 1.82) is 0 Å². The Morgan fingerprint density at radius 2 is 1.81 bits per heavy atom. The lowest BCUT2D eigenvalue weighted by atomic mass is 10.3. The number of hydrogen-bond acceptors (Lipinski definition) is 7. The fraction of sp³-hybridized carbons (Fsp3) is 0.118. The lowest BCUT2D eigenvalue weighted by molar-refractivity contribution is 0.272. The number of allylic oxidation sites excluding steroid dienone is 1. The number of sulfonamides is 1. The number of nitrogens with one attached hydrogen (secondary N) is 2. The Morgan fingerprint density at radius 1 is 1.12 bits per heavy atom. The Morgan fingerprint density at radius 3 is 2.46 bits per heavy atom. The second-order valence-corrected chi connectivity index (χ2v) is 7.04. The average Bonchev–Trinajstić information content (AvgIpc) is 2.65. The molecule has 0 aromatic heterocycles. The highest BCUT2D eigenvalue weighted by molar-refractivity contribution is 7.89. The minimum absolute atomic E-state index is 0.102. The van der Waals surface area contributed by atoms with Gasteiger partial charge in [-0.25, -0.2) is 13.4 Å². The topological polar surface area (TPSA) is 103 Å². The van der Waals surface area contributed by atoms with Gasteiger partial charge >= 0.3 is 0 Å². The molecule has 1 atom stereocenters. The number of phenolic OH excluding ortho intramolecular Hbond substituents is 1. The molecule has 136 valence electrons. The van der Waals surface area contributed by atoms with Gasteiger partial charge in [0.15, 0.2) is 0 Å². The number of hydrogen-bond donors (Lipinski definition) is 3. The number of ether oxygens (including phenoxy) is 1. The van der Waals surface area contributed by atoms with Crippen LogP contribution in [0.25, 0.3) is 0 Å². The van der Waals surface area contributed by atoms with E-state index in [1.807, 2.05) is 0 Å². The van der Waals surface area contributed by atoms with Crippen molar-refractivity contribution < 1.29 is 18.3 Å². The molecule has 0 fully saturated rings. The van der Waals surface area contributed by atoms with Crippen molar-refractivity contribution in [2.24, 2.45) is 4.99 Å². The van der Waals surface area contributed by atoms with Crippen LogP contribution in [0.4, 0.5) is 5.69 Å². The summed E-state index contributed by atoms with van der Waals surface area (Å²) in [5, 5.41) is 13.8. The van der Waals surface area contributed by atoms with Crippen LogP contribution in [0.3, 0.4) is 0 Å². The lowest BCUT2D eigenvalue weighted by Crippen LogP contribution is -2.48. The third-order valence-corrected chi connectivity index (χ3v) is 4.93. The van der Waals surface area contributed by atoms with Gasteiger partial charge in [-0.3, -0.25) is 5.01 Å². The number of aromatic hydroxyl groups is 1. The summed E-state index contributed by atoms with van der Waals surface area (Å²) in [5.41, 5.74) is 0.675. The largest absolute Gasteiger partial charge is 0.508 e. The fourth-order valence-electron chi connectivity index (χ4n) is 2.26. The first kappa shape index (κ1) is 17.8. The van der Waals surface area contributed by atoms with Gasteiger partial charge in [-0.05, 0) is 54.6 Å². The number of hydrazine groups is 1. The Labute approximate surface area is 151 Å². The van der Waals surface area contributed by atoms with Crippen molar-refractivity contribution in [3.05, 3.63) is 60.8 Å². The van der Waals surface area contributed by atoms with E-state index in [1.54, 1.807) is 42.8 Å².